The summed E-state index contributed by atoms with van der Waals surface area (Å²) in [5.74, 6) is 0.651. The maximum Gasteiger partial charge on any atom is 0.0513 e. The molecule has 1 aromatic heterocycles. The first-order chi connectivity index (χ1) is 8.22. The molecule has 0 radical (unpaired) electrons. The van der Waals surface area contributed by atoms with Crippen LogP contribution in [0.25, 0.3) is 0 Å². The van der Waals surface area contributed by atoms with Gasteiger partial charge in [0.15, 0.2) is 0 Å². The van der Waals surface area contributed by atoms with Crippen molar-refractivity contribution in [1.29, 1.82) is 0 Å². The van der Waals surface area contributed by atoms with Gasteiger partial charge in [0.05, 0.1) is 6.61 Å². The summed E-state index contributed by atoms with van der Waals surface area (Å²) < 4.78 is 5.55. The maximum absolute atomic E-state index is 5.55. The topological polar surface area (TPSA) is 21.3 Å². The molecule has 2 atom stereocenters. The molecule has 0 aliphatic carbocycles. The molecule has 0 bridgehead atoms. The fourth-order valence-corrected chi connectivity index (χ4v) is 3.76. The second-order valence-electron chi connectivity index (χ2n) is 4.96. The zero-order valence-electron chi connectivity index (χ0n) is 11.1. The van der Waals surface area contributed by atoms with Gasteiger partial charge in [-0.1, -0.05) is 6.92 Å². The fraction of sp³-hybridized carbons (Fsp3) is 0.714. The van der Waals surface area contributed by atoms with Gasteiger partial charge in [-0.3, -0.25) is 0 Å². The van der Waals surface area contributed by atoms with Crippen LogP contribution < -0.4 is 5.32 Å². The normalized spacial score (nSPS) is 21.9. The van der Waals surface area contributed by atoms with Gasteiger partial charge in [0.2, 0.25) is 0 Å². The van der Waals surface area contributed by atoms with Gasteiger partial charge in [0.1, 0.15) is 0 Å². The van der Waals surface area contributed by atoms with Crippen molar-refractivity contribution >= 4 is 11.3 Å². The Labute approximate surface area is 108 Å². The summed E-state index contributed by atoms with van der Waals surface area (Å²) in [6, 6.07) is 2.80. The lowest BCUT2D eigenvalue weighted by Gasteiger charge is -2.23. The summed E-state index contributed by atoms with van der Waals surface area (Å²) in [4.78, 5) is 2.94. The minimum Gasteiger partial charge on any atom is -0.381 e. The lowest BCUT2D eigenvalue weighted by Crippen LogP contribution is -2.29. The van der Waals surface area contributed by atoms with E-state index in [9.17, 15) is 0 Å². The quantitative estimate of drug-likeness (QED) is 0.868. The molecular formula is C14H23NOS. The predicted molar refractivity (Wildman–Crippen MR) is 73.8 cm³/mol. The molecule has 0 aromatic carbocycles. The third-order valence-corrected chi connectivity index (χ3v) is 4.65. The first-order valence-electron chi connectivity index (χ1n) is 6.60. The van der Waals surface area contributed by atoms with E-state index in [1.807, 2.05) is 11.3 Å². The van der Waals surface area contributed by atoms with Crippen LogP contribution in [0.3, 0.4) is 0 Å². The second kappa shape index (κ2) is 5.98. The van der Waals surface area contributed by atoms with Crippen molar-refractivity contribution in [3.05, 3.63) is 21.4 Å². The monoisotopic (exact) mass is 253 g/mol. The van der Waals surface area contributed by atoms with E-state index in [2.05, 4.69) is 32.2 Å². The fourth-order valence-electron chi connectivity index (χ4n) is 2.56. The highest BCUT2D eigenvalue weighted by molar-refractivity contribution is 7.12. The van der Waals surface area contributed by atoms with Gasteiger partial charge in [-0.15, -0.1) is 11.3 Å². The lowest BCUT2D eigenvalue weighted by molar-refractivity contribution is 0.177. The van der Waals surface area contributed by atoms with Crippen LogP contribution in [-0.4, -0.2) is 19.8 Å². The van der Waals surface area contributed by atoms with Crippen LogP contribution in [0, 0.1) is 19.8 Å². The molecule has 96 valence electrons. The summed E-state index contributed by atoms with van der Waals surface area (Å²) in [5.41, 5.74) is 1.44. The Morgan fingerprint density at radius 3 is 2.88 bits per heavy atom. The molecule has 2 heterocycles. The van der Waals surface area contributed by atoms with Gasteiger partial charge in [-0.05, 0) is 44.9 Å². The zero-order chi connectivity index (χ0) is 12.3. The number of aryl methyl sites for hydroxylation is 2. The van der Waals surface area contributed by atoms with Crippen molar-refractivity contribution in [2.45, 2.75) is 39.7 Å². The lowest BCUT2D eigenvalue weighted by atomic mass is 9.95. The molecule has 2 rings (SSSR count). The van der Waals surface area contributed by atoms with Crippen molar-refractivity contribution in [2.75, 3.05) is 19.8 Å². The van der Waals surface area contributed by atoms with E-state index in [0.717, 1.165) is 19.8 Å². The number of hydrogen-bond acceptors (Lipinski definition) is 3. The van der Waals surface area contributed by atoms with Crippen LogP contribution in [0.15, 0.2) is 6.07 Å². The van der Waals surface area contributed by atoms with Crippen LogP contribution in [-0.2, 0) is 4.74 Å². The van der Waals surface area contributed by atoms with Gasteiger partial charge in [-0.25, -0.2) is 0 Å². The molecule has 17 heavy (non-hydrogen) atoms. The molecule has 2 nitrogen and oxygen atoms in total. The Hall–Kier alpha value is -0.380. The van der Waals surface area contributed by atoms with Crippen LogP contribution in [0.4, 0.5) is 0 Å². The van der Waals surface area contributed by atoms with Gasteiger partial charge < -0.3 is 10.1 Å². The minimum absolute atomic E-state index is 0.496. The molecule has 1 aliphatic rings. The highest BCUT2D eigenvalue weighted by Crippen LogP contribution is 2.35. The number of nitrogens with one attached hydrogen (secondary N) is 1. The van der Waals surface area contributed by atoms with Gasteiger partial charge in [0.25, 0.3) is 0 Å². The van der Waals surface area contributed by atoms with Crippen molar-refractivity contribution in [2.24, 2.45) is 5.92 Å². The average Bonchev–Trinajstić information content (AvgIpc) is 2.90. The highest BCUT2D eigenvalue weighted by Gasteiger charge is 2.28. The molecule has 0 saturated carbocycles. The van der Waals surface area contributed by atoms with Crippen LogP contribution in [0.1, 0.15) is 41.1 Å². The summed E-state index contributed by atoms with van der Waals surface area (Å²) in [6.45, 7) is 9.59. The smallest absolute Gasteiger partial charge is 0.0513 e. The average molecular weight is 253 g/mol. The van der Waals surface area contributed by atoms with Crippen molar-refractivity contribution in [3.8, 4) is 0 Å². The summed E-state index contributed by atoms with van der Waals surface area (Å²) in [6.07, 6.45) is 2.38. The Kier molecular flexibility index (Phi) is 4.60. The second-order valence-corrected chi connectivity index (χ2v) is 6.25. The molecule has 1 aliphatic heterocycles. The van der Waals surface area contributed by atoms with Crippen molar-refractivity contribution in [3.63, 3.8) is 0 Å². The Morgan fingerprint density at radius 2 is 2.35 bits per heavy atom. The SMILES string of the molecule is CCCNC(c1sc(C)cc1C)C1CCOC1. The number of hydrogen-bond donors (Lipinski definition) is 1. The summed E-state index contributed by atoms with van der Waals surface area (Å²) >= 11 is 1.94. The molecule has 3 heteroatoms. The molecule has 1 N–H and O–H groups in total. The van der Waals surface area contributed by atoms with Crippen LogP contribution in [0.5, 0.6) is 0 Å². The maximum atomic E-state index is 5.55. The van der Waals surface area contributed by atoms with E-state index in [1.54, 1.807) is 0 Å². The highest BCUT2D eigenvalue weighted by atomic mass is 32.1. The molecule has 1 saturated heterocycles. The predicted octanol–water partition coefficient (Wildman–Crippen LogP) is 3.44. The van der Waals surface area contributed by atoms with E-state index in [-0.39, 0.29) is 0 Å². The molecule has 0 amide bonds. The Balaban J connectivity index is 2.16. The van der Waals surface area contributed by atoms with Crippen molar-refractivity contribution in [1.82, 2.24) is 5.32 Å². The van der Waals surface area contributed by atoms with E-state index in [0.29, 0.717) is 12.0 Å². The minimum atomic E-state index is 0.496. The van der Waals surface area contributed by atoms with Crippen LogP contribution >= 0.6 is 11.3 Å². The standard InChI is InChI=1S/C14H23NOS/c1-4-6-15-13(12-5-7-16-9-12)14-10(2)8-11(3)17-14/h8,12-13,15H,4-7,9H2,1-3H3. The molecule has 1 fully saturated rings. The first kappa shape index (κ1) is 13.1. The Bertz CT molecular complexity index is 355. The van der Waals surface area contributed by atoms with Crippen molar-refractivity contribution < 1.29 is 4.74 Å². The van der Waals surface area contributed by atoms with E-state index < -0.39 is 0 Å². The molecule has 2 unspecified atom stereocenters. The van der Waals surface area contributed by atoms with Crippen LogP contribution in [0.2, 0.25) is 0 Å². The van der Waals surface area contributed by atoms with E-state index >= 15 is 0 Å². The van der Waals surface area contributed by atoms with E-state index in [1.165, 1.54) is 28.2 Å². The van der Waals surface area contributed by atoms with Gasteiger partial charge in [0, 0.05) is 28.3 Å². The Morgan fingerprint density at radius 1 is 1.53 bits per heavy atom. The number of rotatable bonds is 5. The number of thiophene rings is 1. The molecular weight excluding hydrogens is 230 g/mol. The first-order valence-corrected chi connectivity index (χ1v) is 7.42. The van der Waals surface area contributed by atoms with Gasteiger partial charge in [-0.2, -0.15) is 0 Å². The summed E-state index contributed by atoms with van der Waals surface area (Å²) in [7, 11) is 0. The third kappa shape index (κ3) is 3.09. The third-order valence-electron chi connectivity index (χ3n) is 3.41. The molecule has 0 spiro atoms. The van der Waals surface area contributed by atoms with Gasteiger partial charge >= 0.3 is 0 Å². The number of ether oxygens (including phenoxy) is 1. The van der Waals surface area contributed by atoms with E-state index in [4.69, 9.17) is 4.74 Å². The zero-order valence-corrected chi connectivity index (χ0v) is 11.9. The molecule has 1 aromatic rings. The largest absolute Gasteiger partial charge is 0.381 e. The summed E-state index contributed by atoms with van der Waals surface area (Å²) in [5, 5.41) is 3.71.